The molecule has 13 heteroatoms. The van der Waals surface area contributed by atoms with Gasteiger partial charge in [-0.05, 0) is 32.4 Å². The number of nitrogens with one attached hydrogen (secondary N) is 3. The molecule has 2 aliphatic heterocycles. The van der Waals surface area contributed by atoms with Crippen LogP contribution in [0.2, 0.25) is 0 Å². The Balaban J connectivity index is 1.66. The number of aromatic nitrogens is 3. The average Bonchev–Trinajstić information content (AvgIpc) is 3.34. The van der Waals surface area contributed by atoms with Crippen LogP contribution in [0.3, 0.4) is 0 Å². The first-order valence-electron chi connectivity index (χ1n) is 10.3. The zero-order valence-corrected chi connectivity index (χ0v) is 19.1. The second kappa shape index (κ2) is 8.14. The molecule has 3 heterocycles. The van der Waals surface area contributed by atoms with Crippen molar-refractivity contribution in [2.45, 2.75) is 56.3 Å². The number of carbonyl (C=O) groups excluding carboxylic acids is 3. The lowest BCUT2D eigenvalue weighted by Gasteiger charge is -2.28. The fourth-order valence-electron chi connectivity index (χ4n) is 3.89. The van der Waals surface area contributed by atoms with Crippen LogP contribution in [0, 0.1) is 0 Å². The Kier molecular flexibility index (Phi) is 5.60. The van der Waals surface area contributed by atoms with Gasteiger partial charge in [0.25, 0.3) is 5.91 Å². The standard InChI is InChI=1S/C20H24N6O6S/c1-20(2,3)32-19(29)23-13-10-33(30,31)15-6-4-5-11-7-14(26(16(11)15)18(13)28)17(27)21-8-12-9-22-25-24-12/h4-6,9,13-14H,7-8,10H2,1-3H3,(H,21,27)(H,23,29)(H,22,24,25)/t13-,14+/m0/s1. The lowest BCUT2D eigenvalue weighted by atomic mass is 10.1. The monoisotopic (exact) mass is 476 g/mol. The Morgan fingerprint density at radius 2 is 2.06 bits per heavy atom. The number of ether oxygens (including phenoxy) is 1. The van der Waals surface area contributed by atoms with Crippen molar-refractivity contribution >= 4 is 33.4 Å². The van der Waals surface area contributed by atoms with Crippen LogP contribution in [0.1, 0.15) is 32.0 Å². The van der Waals surface area contributed by atoms with Gasteiger partial charge in [-0.25, -0.2) is 13.2 Å². The van der Waals surface area contributed by atoms with Gasteiger partial charge in [-0.2, -0.15) is 15.4 Å². The maximum Gasteiger partial charge on any atom is 0.408 e. The molecular formula is C20H24N6O6S. The zero-order chi connectivity index (χ0) is 24.0. The molecule has 1 aromatic heterocycles. The van der Waals surface area contributed by atoms with Crippen LogP contribution in [-0.4, -0.2) is 65.2 Å². The van der Waals surface area contributed by atoms with E-state index in [1.54, 1.807) is 32.9 Å². The number of rotatable bonds is 4. The molecule has 33 heavy (non-hydrogen) atoms. The maximum absolute atomic E-state index is 13.5. The summed E-state index contributed by atoms with van der Waals surface area (Å²) in [4.78, 5) is 40.0. The molecule has 0 radical (unpaired) electrons. The molecule has 0 saturated heterocycles. The summed E-state index contributed by atoms with van der Waals surface area (Å²) in [6.45, 7) is 5.02. The van der Waals surface area contributed by atoms with Crippen LogP contribution in [0.25, 0.3) is 0 Å². The minimum atomic E-state index is -3.95. The number of aromatic amines is 1. The van der Waals surface area contributed by atoms with Crippen LogP contribution in [0.15, 0.2) is 29.3 Å². The lowest BCUT2D eigenvalue weighted by molar-refractivity contribution is -0.126. The third-order valence-electron chi connectivity index (χ3n) is 5.21. The number of anilines is 1. The van der Waals surface area contributed by atoms with Crippen LogP contribution in [0.4, 0.5) is 10.5 Å². The molecule has 1 aromatic carbocycles. The summed E-state index contributed by atoms with van der Waals surface area (Å²) in [6.07, 6.45) is 0.661. The number of carbonyl (C=O) groups is 3. The van der Waals surface area contributed by atoms with Crippen molar-refractivity contribution in [2.24, 2.45) is 0 Å². The van der Waals surface area contributed by atoms with Gasteiger partial charge in [-0.1, -0.05) is 12.1 Å². The molecule has 2 aromatic rings. The number of hydrogen-bond acceptors (Lipinski definition) is 8. The molecule has 12 nitrogen and oxygen atoms in total. The highest BCUT2D eigenvalue weighted by Crippen LogP contribution is 2.41. The van der Waals surface area contributed by atoms with E-state index in [4.69, 9.17) is 4.74 Å². The SMILES string of the molecule is CC(C)(C)OC(=O)N[C@H]1CS(=O)(=O)c2cccc3c2N(C1=O)[C@@H](C(=O)NCc1cn[nH]n1)C3. The van der Waals surface area contributed by atoms with E-state index in [0.717, 1.165) is 0 Å². The van der Waals surface area contributed by atoms with Crippen molar-refractivity contribution in [1.82, 2.24) is 26.0 Å². The summed E-state index contributed by atoms with van der Waals surface area (Å²) in [5.41, 5.74) is 0.389. The molecule has 0 unspecified atom stereocenters. The van der Waals surface area contributed by atoms with E-state index in [1.165, 1.54) is 17.2 Å². The van der Waals surface area contributed by atoms with Crippen LogP contribution >= 0.6 is 0 Å². The molecule has 3 amide bonds. The van der Waals surface area contributed by atoms with Crippen molar-refractivity contribution in [3.63, 3.8) is 0 Å². The highest BCUT2D eigenvalue weighted by Gasteiger charge is 2.48. The first kappa shape index (κ1) is 22.7. The quantitative estimate of drug-likeness (QED) is 0.558. The Morgan fingerprint density at radius 3 is 2.73 bits per heavy atom. The van der Waals surface area contributed by atoms with Gasteiger partial charge in [0.15, 0.2) is 9.84 Å². The van der Waals surface area contributed by atoms with Gasteiger partial charge in [0, 0.05) is 6.42 Å². The highest BCUT2D eigenvalue weighted by atomic mass is 32.2. The molecule has 2 atom stereocenters. The molecule has 0 bridgehead atoms. The first-order valence-corrected chi connectivity index (χ1v) is 11.9. The summed E-state index contributed by atoms with van der Waals surface area (Å²) < 4.78 is 31.4. The van der Waals surface area contributed by atoms with E-state index >= 15 is 0 Å². The van der Waals surface area contributed by atoms with E-state index < -0.39 is 51.2 Å². The largest absolute Gasteiger partial charge is 0.444 e. The minimum absolute atomic E-state index is 0.0476. The second-order valence-electron chi connectivity index (χ2n) is 8.85. The van der Waals surface area contributed by atoms with Gasteiger partial charge >= 0.3 is 6.09 Å². The van der Waals surface area contributed by atoms with Crippen molar-refractivity contribution in [1.29, 1.82) is 0 Å². The van der Waals surface area contributed by atoms with E-state index in [-0.39, 0.29) is 23.5 Å². The van der Waals surface area contributed by atoms with Gasteiger partial charge in [-0.15, -0.1) is 0 Å². The fourth-order valence-corrected chi connectivity index (χ4v) is 5.55. The topological polar surface area (TPSA) is 163 Å². The molecule has 0 saturated carbocycles. The summed E-state index contributed by atoms with van der Waals surface area (Å²) in [5, 5.41) is 15.1. The summed E-state index contributed by atoms with van der Waals surface area (Å²) in [5.74, 6) is -1.83. The molecule has 2 aliphatic rings. The number of hydrogen-bond donors (Lipinski definition) is 3. The van der Waals surface area contributed by atoms with Gasteiger partial charge in [0.1, 0.15) is 23.4 Å². The molecule has 0 aliphatic carbocycles. The predicted molar refractivity (Wildman–Crippen MR) is 115 cm³/mol. The zero-order valence-electron chi connectivity index (χ0n) is 18.3. The normalized spacial score (nSPS) is 21.2. The Labute approximate surface area is 190 Å². The van der Waals surface area contributed by atoms with Crippen molar-refractivity contribution < 1.29 is 27.5 Å². The first-order chi connectivity index (χ1) is 15.5. The summed E-state index contributed by atoms with van der Waals surface area (Å²) >= 11 is 0. The maximum atomic E-state index is 13.5. The van der Waals surface area contributed by atoms with Gasteiger partial charge in [0.2, 0.25) is 5.91 Å². The van der Waals surface area contributed by atoms with E-state index in [0.29, 0.717) is 11.3 Å². The van der Waals surface area contributed by atoms with Crippen molar-refractivity contribution in [3.8, 4) is 0 Å². The number of sulfone groups is 1. The molecule has 4 rings (SSSR count). The molecule has 0 fully saturated rings. The van der Waals surface area contributed by atoms with Crippen molar-refractivity contribution in [3.05, 3.63) is 35.7 Å². The van der Waals surface area contributed by atoms with Crippen LogP contribution < -0.4 is 15.5 Å². The minimum Gasteiger partial charge on any atom is -0.444 e. The average molecular weight is 477 g/mol. The second-order valence-corrected chi connectivity index (χ2v) is 10.9. The molecule has 176 valence electrons. The third kappa shape index (κ3) is 4.53. The van der Waals surface area contributed by atoms with Crippen LogP contribution in [0.5, 0.6) is 0 Å². The molecule has 0 spiro atoms. The smallest absolute Gasteiger partial charge is 0.408 e. The van der Waals surface area contributed by atoms with Gasteiger partial charge in [0.05, 0.1) is 29.1 Å². The summed E-state index contributed by atoms with van der Waals surface area (Å²) in [6, 6.07) is 2.25. The number of nitrogens with zero attached hydrogens (tertiary/aromatic N) is 3. The predicted octanol–water partition coefficient (Wildman–Crippen LogP) is 0.0594. The number of para-hydroxylation sites is 1. The molecular weight excluding hydrogens is 452 g/mol. The fraction of sp³-hybridized carbons (Fsp3) is 0.450. The number of amides is 3. The Hall–Kier alpha value is -3.48. The van der Waals surface area contributed by atoms with E-state index in [2.05, 4.69) is 26.0 Å². The number of benzene rings is 1. The van der Waals surface area contributed by atoms with Crippen molar-refractivity contribution in [2.75, 3.05) is 10.7 Å². The Morgan fingerprint density at radius 1 is 1.30 bits per heavy atom. The lowest BCUT2D eigenvalue weighted by Crippen LogP contribution is -2.56. The highest BCUT2D eigenvalue weighted by molar-refractivity contribution is 7.91. The summed E-state index contributed by atoms with van der Waals surface area (Å²) in [7, 11) is -3.95. The number of alkyl carbamates (subject to hydrolysis) is 1. The Bertz CT molecular complexity index is 1200. The van der Waals surface area contributed by atoms with E-state index in [9.17, 15) is 22.8 Å². The van der Waals surface area contributed by atoms with Gasteiger partial charge < -0.3 is 15.4 Å². The van der Waals surface area contributed by atoms with Crippen LogP contribution in [-0.2, 0) is 37.1 Å². The third-order valence-corrected chi connectivity index (χ3v) is 6.98. The van der Waals surface area contributed by atoms with E-state index in [1.807, 2.05) is 0 Å². The molecule has 3 N–H and O–H groups in total. The number of H-pyrrole nitrogens is 1. The van der Waals surface area contributed by atoms with Gasteiger partial charge in [-0.3, -0.25) is 14.5 Å².